The van der Waals surface area contributed by atoms with Gasteiger partial charge in [-0.1, -0.05) is 6.07 Å². The fraction of sp³-hybridized carbons (Fsp3) is 0.619. The number of nitrogens with zero attached hydrogens (tertiary/aromatic N) is 4. The van der Waals surface area contributed by atoms with E-state index in [4.69, 9.17) is 4.98 Å². The number of aryl methyl sites for hydroxylation is 1. The monoisotopic (exact) mass is 418 g/mol. The zero-order chi connectivity index (χ0) is 20.6. The summed E-state index contributed by atoms with van der Waals surface area (Å²) in [4.78, 5) is 21.6. The van der Waals surface area contributed by atoms with Crippen LogP contribution < -0.4 is 0 Å². The fourth-order valence-corrected chi connectivity index (χ4v) is 5.45. The minimum Gasteiger partial charge on any atom is -0.336 e. The zero-order valence-corrected chi connectivity index (χ0v) is 18.1. The van der Waals surface area contributed by atoms with Gasteiger partial charge in [-0.25, -0.2) is 13.4 Å². The topological polar surface area (TPSA) is 75.0 Å². The van der Waals surface area contributed by atoms with E-state index in [1.165, 1.54) is 11.9 Å². The van der Waals surface area contributed by atoms with Gasteiger partial charge in [-0.3, -0.25) is 9.69 Å². The lowest BCUT2D eigenvalue weighted by molar-refractivity contribution is -0.131. The molecule has 0 aromatic carbocycles. The van der Waals surface area contributed by atoms with Crippen LogP contribution in [0.5, 0.6) is 0 Å². The van der Waals surface area contributed by atoms with Crippen LogP contribution >= 0.6 is 0 Å². The summed E-state index contributed by atoms with van der Waals surface area (Å²) in [5.41, 5.74) is 3.07. The van der Waals surface area contributed by atoms with Gasteiger partial charge in [0.2, 0.25) is 5.91 Å². The quantitative estimate of drug-likeness (QED) is 0.743. The first-order valence-corrected chi connectivity index (χ1v) is 12.5. The van der Waals surface area contributed by atoms with Crippen LogP contribution in [0, 0.1) is 6.92 Å². The van der Waals surface area contributed by atoms with E-state index in [9.17, 15) is 13.2 Å². The Morgan fingerprint density at radius 2 is 2.00 bits per heavy atom. The van der Waals surface area contributed by atoms with Crippen molar-refractivity contribution < 1.29 is 13.2 Å². The Kier molecular flexibility index (Phi) is 5.42. The molecule has 0 radical (unpaired) electrons. The van der Waals surface area contributed by atoms with Gasteiger partial charge in [-0.15, -0.1) is 0 Å². The average Bonchev–Trinajstić information content (AvgIpc) is 3.05. The molecule has 158 valence electrons. The van der Waals surface area contributed by atoms with Crippen LogP contribution in [0.3, 0.4) is 0 Å². The molecule has 29 heavy (non-hydrogen) atoms. The van der Waals surface area contributed by atoms with Gasteiger partial charge in [-0.05, 0) is 51.3 Å². The Labute approximate surface area is 172 Å². The molecule has 0 bridgehead atoms. The number of carbonyl (C=O) groups excluding carboxylic acids is 1. The number of amides is 1. The molecule has 2 aliphatic heterocycles. The minimum atomic E-state index is -3.08. The molecule has 0 N–H and O–H groups in total. The summed E-state index contributed by atoms with van der Waals surface area (Å²) in [6.45, 7) is 5.11. The number of carbonyl (C=O) groups is 1. The number of pyridine rings is 1. The van der Waals surface area contributed by atoms with Crippen LogP contribution in [0.2, 0.25) is 0 Å². The molecule has 2 fully saturated rings. The van der Waals surface area contributed by atoms with E-state index in [1.807, 2.05) is 29.3 Å². The summed E-state index contributed by atoms with van der Waals surface area (Å²) in [7, 11) is -3.08. The molecule has 4 heterocycles. The van der Waals surface area contributed by atoms with Crippen molar-refractivity contribution >= 4 is 21.4 Å². The summed E-state index contributed by atoms with van der Waals surface area (Å²) in [6, 6.07) is 6.05. The van der Waals surface area contributed by atoms with E-state index >= 15 is 0 Å². The molecule has 4 rings (SSSR count). The molecule has 0 unspecified atom stereocenters. The third-order valence-electron chi connectivity index (χ3n) is 6.61. The second-order valence-electron chi connectivity index (χ2n) is 8.60. The van der Waals surface area contributed by atoms with Crippen molar-refractivity contribution in [3.8, 4) is 0 Å². The third kappa shape index (κ3) is 4.19. The minimum absolute atomic E-state index is 0.0463. The van der Waals surface area contributed by atoms with Crippen molar-refractivity contribution in [2.75, 3.05) is 31.6 Å². The number of likely N-dealkylation sites (tertiary alicyclic amines) is 2. The zero-order valence-electron chi connectivity index (χ0n) is 17.3. The van der Waals surface area contributed by atoms with E-state index in [0.29, 0.717) is 13.0 Å². The smallest absolute Gasteiger partial charge is 0.223 e. The van der Waals surface area contributed by atoms with Crippen molar-refractivity contribution in [3.05, 3.63) is 35.8 Å². The Hall–Kier alpha value is -1.93. The van der Waals surface area contributed by atoms with Crippen LogP contribution in [-0.4, -0.2) is 70.7 Å². The second kappa shape index (κ2) is 7.72. The summed E-state index contributed by atoms with van der Waals surface area (Å²) in [5, 5.41) is 0. The lowest BCUT2D eigenvalue weighted by Crippen LogP contribution is -2.48. The maximum atomic E-state index is 12.5. The van der Waals surface area contributed by atoms with Crippen LogP contribution in [0.15, 0.2) is 24.4 Å². The van der Waals surface area contributed by atoms with Crippen LogP contribution in [0.25, 0.3) is 5.65 Å². The summed E-state index contributed by atoms with van der Waals surface area (Å²) in [6.07, 6.45) is 7.52. The van der Waals surface area contributed by atoms with Gasteiger partial charge in [0.15, 0.2) is 0 Å². The van der Waals surface area contributed by atoms with E-state index in [1.54, 1.807) is 0 Å². The number of hydrogen-bond acceptors (Lipinski definition) is 5. The average molecular weight is 419 g/mol. The number of imidazole rings is 1. The number of sulfone groups is 1. The Morgan fingerprint density at radius 1 is 1.17 bits per heavy atom. The standard InChI is InChI=1S/C21H30N4O3S/c1-17-18(22-19-6-3-4-12-24(17)19)16-23-11-5-8-21(10-13-23)9-7-20(26)25(21)14-15-29(2,27)28/h3-4,6,12H,5,7-11,13-16H2,1-2H3/t21-/m0/s1. The highest BCUT2D eigenvalue weighted by molar-refractivity contribution is 7.90. The van der Waals surface area contributed by atoms with E-state index in [2.05, 4.69) is 16.2 Å². The van der Waals surface area contributed by atoms with Gasteiger partial charge in [0.05, 0.1) is 11.4 Å². The summed E-state index contributed by atoms with van der Waals surface area (Å²) < 4.78 is 25.4. The van der Waals surface area contributed by atoms with E-state index in [0.717, 1.165) is 56.7 Å². The predicted molar refractivity (Wildman–Crippen MR) is 112 cm³/mol. The van der Waals surface area contributed by atoms with Crippen molar-refractivity contribution in [2.24, 2.45) is 0 Å². The summed E-state index contributed by atoms with van der Waals surface area (Å²) in [5.74, 6) is 0.156. The van der Waals surface area contributed by atoms with Gasteiger partial charge >= 0.3 is 0 Å². The molecular weight excluding hydrogens is 388 g/mol. The molecule has 1 atom stereocenters. The lowest BCUT2D eigenvalue weighted by Gasteiger charge is -2.38. The fourth-order valence-electron chi connectivity index (χ4n) is 4.93. The molecule has 2 aromatic rings. The molecular formula is C21H30N4O3S. The number of hydrogen-bond donors (Lipinski definition) is 0. The Morgan fingerprint density at radius 3 is 2.76 bits per heavy atom. The van der Waals surface area contributed by atoms with Gasteiger partial charge in [0.25, 0.3) is 0 Å². The predicted octanol–water partition coefficient (Wildman–Crippen LogP) is 2.03. The number of aromatic nitrogens is 2. The van der Waals surface area contributed by atoms with Gasteiger partial charge < -0.3 is 9.30 Å². The highest BCUT2D eigenvalue weighted by Gasteiger charge is 2.45. The largest absolute Gasteiger partial charge is 0.336 e. The van der Waals surface area contributed by atoms with Crippen molar-refractivity contribution in [1.82, 2.24) is 19.2 Å². The van der Waals surface area contributed by atoms with Crippen LogP contribution in [0.1, 0.15) is 43.5 Å². The molecule has 0 saturated carbocycles. The molecule has 2 aromatic heterocycles. The maximum absolute atomic E-state index is 12.5. The first kappa shape index (κ1) is 20.3. The van der Waals surface area contributed by atoms with Crippen molar-refractivity contribution in [2.45, 2.75) is 51.1 Å². The number of rotatable bonds is 5. The molecule has 2 saturated heterocycles. The molecule has 1 amide bonds. The van der Waals surface area contributed by atoms with Gasteiger partial charge in [0.1, 0.15) is 15.5 Å². The SMILES string of the molecule is Cc1c(CN2CCC[C@]3(CCC(=O)N3CCS(C)(=O)=O)CC2)nc2ccccn12. The normalized spacial score (nSPS) is 23.9. The third-order valence-corrected chi connectivity index (χ3v) is 7.54. The van der Waals surface area contributed by atoms with Gasteiger partial charge in [-0.2, -0.15) is 0 Å². The summed E-state index contributed by atoms with van der Waals surface area (Å²) >= 11 is 0. The molecule has 1 spiro atoms. The van der Waals surface area contributed by atoms with Crippen molar-refractivity contribution in [3.63, 3.8) is 0 Å². The van der Waals surface area contributed by atoms with Crippen molar-refractivity contribution in [1.29, 1.82) is 0 Å². The van der Waals surface area contributed by atoms with E-state index in [-0.39, 0.29) is 17.2 Å². The molecule has 8 heteroatoms. The number of fused-ring (bicyclic) bond motifs is 1. The first-order chi connectivity index (χ1) is 13.8. The lowest BCUT2D eigenvalue weighted by atomic mass is 9.88. The maximum Gasteiger partial charge on any atom is 0.223 e. The van der Waals surface area contributed by atoms with Gasteiger partial charge in [0, 0.05) is 49.7 Å². The second-order valence-corrected chi connectivity index (χ2v) is 10.9. The van der Waals surface area contributed by atoms with Crippen LogP contribution in [-0.2, 0) is 21.2 Å². The highest BCUT2D eigenvalue weighted by Crippen LogP contribution is 2.39. The Bertz CT molecular complexity index is 1020. The molecule has 0 aliphatic carbocycles. The highest BCUT2D eigenvalue weighted by atomic mass is 32.2. The molecule has 7 nitrogen and oxygen atoms in total. The Balaban J connectivity index is 1.47. The molecule has 2 aliphatic rings. The van der Waals surface area contributed by atoms with Crippen LogP contribution in [0.4, 0.5) is 0 Å². The first-order valence-electron chi connectivity index (χ1n) is 10.4. The van der Waals surface area contributed by atoms with E-state index < -0.39 is 9.84 Å².